The number of halogens is 1. The van der Waals surface area contributed by atoms with E-state index in [9.17, 15) is 15.0 Å². The number of aromatic hydroxyl groups is 2. The lowest BCUT2D eigenvalue weighted by Crippen LogP contribution is -2.22. The van der Waals surface area contributed by atoms with Crippen LogP contribution in [-0.2, 0) is 4.79 Å². The van der Waals surface area contributed by atoms with Crippen molar-refractivity contribution in [2.45, 2.75) is 12.8 Å². The zero-order valence-corrected chi connectivity index (χ0v) is 10.2. The van der Waals surface area contributed by atoms with Crippen LogP contribution in [0.5, 0.6) is 11.5 Å². The summed E-state index contributed by atoms with van der Waals surface area (Å²) in [6.45, 7) is 1.56. The molecule has 0 radical (unpaired) electrons. The van der Waals surface area contributed by atoms with Crippen LogP contribution >= 0.6 is 15.9 Å². The molecule has 0 fully saturated rings. The minimum Gasteiger partial charge on any atom is -0.504 e. The maximum absolute atomic E-state index is 11.0. The zero-order chi connectivity index (χ0) is 12.5. The predicted octanol–water partition coefficient (Wildman–Crippen LogP) is 1.30. The molecule has 1 unspecified atom stereocenters. The fourth-order valence-electron chi connectivity index (χ4n) is 1.53. The molecule has 0 saturated heterocycles. The molecule has 0 aliphatic rings. The summed E-state index contributed by atoms with van der Waals surface area (Å²) in [4.78, 5) is 11.0. The van der Waals surface area contributed by atoms with E-state index >= 15 is 0 Å². The van der Waals surface area contributed by atoms with E-state index in [2.05, 4.69) is 15.9 Å². The van der Waals surface area contributed by atoms with Gasteiger partial charge in [-0.05, 0) is 40.0 Å². The molecule has 1 rings (SSSR count). The Hall–Kier alpha value is -1.27. The van der Waals surface area contributed by atoms with Crippen LogP contribution < -0.4 is 5.73 Å². The van der Waals surface area contributed by atoms with Crippen LogP contribution in [0.25, 0.3) is 0 Å². The average molecular weight is 290 g/mol. The van der Waals surface area contributed by atoms with E-state index in [0.29, 0.717) is 11.1 Å². The number of hydrogen-bond donors (Lipinski definition) is 4. The topological polar surface area (TPSA) is 104 Å². The van der Waals surface area contributed by atoms with Crippen LogP contribution in [0.15, 0.2) is 10.5 Å². The minimum absolute atomic E-state index is 0.0843. The van der Waals surface area contributed by atoms with Gasteiger partial charge in [-0.25, -0.2) is 0 Å². The summed E-state index contributed by atoms with van der Waals surface area (Å²) >= 11 is 3.06. The van der Waals surface area contributed by atoms with Gasteiger partial charge in [0.2, 0.25) is 0 Å². The Morgan fingerprint density at radius 1 is 1.56 bits per heavy atom. The number of hydrogen-bond acceptors (Lipinski definition) is 4. The van der Waals surface area contributed by atoms with Gasteiger partial charge < -0.3 is 21.1 Å². The molecule has 5 nitrogen and oxygen atoms in total. The highest BCUT2D eigenvalue weighted by molar-refractivity contribution is 9.10. The number of nitrogens with two attached hydrogens (primary N) is 1. The van der Waals surface area contributed by atoms with E-state index in [4.69, 9.17) is 10.8 Å². The van der Waals surface area contributed by atoms with E-state index in [-0.39, 0.29) is 22.5 Å². The molecule has 0 aromatic heterocycles. The van der Waals surface area contributed by atoms with Crippen molar-refractivity contribution in [3.63, 3.8) is 0 Å². The number of carboxylic acid groups (broad SMARTS) is 1. The Morgan fingerprint density at radius 3 is 2.56 bits per heavy atom. The van der Waals surface area contributed by atoms with Crippen LogP contribution in [0.3, 0.4) is 0 Å². The highest BCUT2D eigenvalue weighted by Gasteiger charge is 2.25. The van der Waals surface area contributed by atoms with Crippen LogP contribution in [0.2, 0.25) is 0 Å². The lowest BCUT2D eigenvalue weighted by Gasteiger charge is -2.16. The molecule has 0 saturated carbocycles. The summed E-state index contributed by atoms with van der Waals surface area (Å²) in [5, 5.41) is 27.8. The monoisotopic (exact) mass is 289 g/mol. The second kappa shape index (κ2) is 4.71. The highest BCUT2D eigenvalue weighted by Crippen LogP contribution is 2.41. The van der Waals surface area contributed by atoms with Gasteiger partial charge >= 0.3 is 5.97 Å². The standard InChI is InChI=1S/C10H12BrNO4/c1-4-2-6(13)9(14)8(11)7(4)5(3-12)10(15)16/h2,5,13-14H,3,12H2,1H3,(H,15,16). The largest absolute Gasteiger partial charge is 0.504 e. The molecular formula is C10H12BrNO4. The highest BCUT2D eigenvalue weighted by atomic mass is 79.9. The number of aliphatic carboxylic acids is 1. The van der Waals surface area contributed by atoms with Crippen LogP contribution in [0.1, 0.15) is 17.0 Å². The molecule has 16 heavy (non-hydrogen) atoms. The molecule has 5 N–H and O–H groups in total. The Balaban J connectivity index is 3.43. The quantitative estimate of drug-likeness (QED) is 0.628. The summed E-state index contributed by atoms with van der Waals surface area (Å²) in [5.74, 6) is -2.66. The number of phenols is 2. The third kappa shape index (κ3) is 2.12. The van der Waals surface area contributed by atoms with Crippen LogP contribution in [0.4, 0.5) is 0 Å². The van der Waals surface area contributed by atoms with Crippen molar-refractivity contribution in [2.75, 3.05) is 6.54 Å². The third-order valence-electron chi connectivity index (χ3n) is 2.35. The first-order chi connectivity index (χ1) is 7.40. The smallest absolute Gasteiger partial charge is 0.312 e. The number of phenolic OH excluding ortho intramolecular Hbond substituents is 2. The molecule has 1 atom stereocenters. The van der Waals surface area contributed by atoms with E-state index in [1.807, 2.05) is 0 Å². The van der Waals surface area contributed by atoms with Crippen molar-refractivity contribution in [3.05, 3.63) is 21.7 Å². The third-order valence-corrected chi connectivity index (χ3v) is 3.15. The minimum atomic E-state index is -1.07. The van der Waals surface area contributed by atoms with Crippen molar-refractivity contribution in [2.24, 2.45) is 5.73 Å². The summed E-state index contributed by atoms with van der Waals surface area (Å²) < 4.78 is 0.169. The first-order valence-electron chi connectivity index (χ1n) is 4.54. The Labute approximate surface area is 101 Å². The van der Waals surface area contributed by atoms with Gasteiger partial charge in [-0.2, -0.15) is 0 Å². The summed E-state index contributed by atoms with van der Waals surface area (Å²) in [6, 6.07) is 1.31. The van der Waals surface area contributed by atoms with Gasteiger partial charge in [-0.1, -0.05) is 0 Å². The molecule has 1 aromatic carbocycles. The molecule has 0 spiro atoms. The average Bonchev–Trinajstić information content (AvgIpc) is 2.20. The van der Waals surface area contributed by atoms with E-state index in [0.717, 1.165) is 0 Å². The first kappa shape index (κ1) is 12.8. The maximum atomic E-state index is 11.0. The lowest BCUT2D eigenvalue weighted by atomic mass is 9.94. The van der Waals surface area contributed by atoms with Gasteiger partial charge in [0.25, 0.3) is 0 Å². The molecule has 0 bridgehead atoms. The van der Waals surface area contributed by atoms with Crippen molar-refractivity contribution < 1.29 is 20.1 Å². The number of benzene rings is 1. The van der Waals surface area contributed by atoms with Crippen LogP contribution in [0, 0.1) is 6.92 Å². The normalized spacial score (nSPS) is 12.4. The molecule has 0 aliphatic heterocycles. The molecular weight excluding hydrogens is 278 g/mol. The molecule has 0 heterocycles. The van der Waals surface area contributed by atoms with Gasteiger partial charge in [0.15, 0.2) is 11.5 Å². The fraction of sp³-hybridized carbons (Fsp3) is 0.300. The van der Waals surface area contributed by atoms with Crippen molar-refractivity contribution in [1.29, 1.82) is 0 Å². The molecule has 1 aromatic rings. The van der Waals surface area contributed by atoms with E-state index in [1.54, 1.807) is 6.92 Å². The SMILES string of the molecule is Cc1cc(O)c(O)c(Br)c1C(CN)C(=O)O. The zero-order valence-electron chi connectivity index (χ0n) is 8.57. The van der Waals surface area contributed by atoms with Gasteiger partial charge in [0.1, 0.15) is 0 Å². The van der Waals surface area contributed by atoms with Gasteiger partial charge in [-0.15, -0.1) is 0 Å². The Kier molecular flexibility index (Phi) is 3.77. The summed E-state index contributed by atoms with van der Waals surface area (Å²) in [6.07, 6.45) is 0. The fourth-order valence-corrected chi connectivity index (χ4v) is 2.33. The molecule has 6 heteroatoms. The second-order valence-electron chi connectivity index (χ2n) is 3.42. The number of aryl methyl sites for hydroxylation is 1. The molecule has 0 aliphatic carbocycles. The molecule has 88 valence electrons. The number of rotatable bonds is 3. The summed E-state index contributed by atoms with van der Waals surface area (Å²) in [7, 11) is 0. The second-order valence-corrected chi connectivity index (χ2v) is 4.21. The van der Waals surface area contributed by atoms with Gasteiger partial charge in [0.05, 0.1) is 10.4 Å². The number of carbonyl (C=O) groups is 1. The lowest BCUT2D eigenvalue weighted by molar-refractivity contribution is -0.138. The first-order valence-corrected chi connectivity index (χ1v) is 5.33. The van der Waals surface area contributed by atoms with Gasteiger partial charge in [0, 0.05) is 6.54 Å². The van der Waals surface area contributed by atoms with Crippen molar-refractivity contribution in [3.8, 4) is 11.5 Å². The van der Waals surface area contributed by atoms with Crippen LogP contribution in [-0.4, -0.2) is 27.8 Å². The predicted molar refractivity (Wildman–Crippen MR) is 61.6 cm³/mol. The summed E-state index contributed by atoms with van der Waals surface area (Å²) in [5.41, 5.74) is 6.32. The molecule has 0 amide bonds. The Morgan fingerprint density at radius 2 is 2.12 bits per heavy atom. The van der Waals surface area contributed by atoms with E-state index in [1.165, 1.54) is 6.07 Å². The number of carboxylic acids is 1. The van der Waals surface area contributed by atoms with Gasteiger partial charge in [-0.3, -0.25) is 4.79 Å². The van der Waals surface area contributed by atoms with Crippen molar-refractivity contribution >= 4 is 21.9 Å². The van der Waals surface area contributed by atoms with E-state index < -0.39 is 11.9 Å². The van der Waals surface area contributed by atoms with Crippen molar-refractivity contribution in [1.82, 2.24) is 0 Å². The Bertz CT molecular complexity index is 433. The maximum Gasteiger partial charge on any atom is 0.312 e.